The molecule has 0 atom stereocenters. The molecule has 0 N–H and O–H groups in total. The molecule has 2 rings (SSSR count). The highest BCUT2D eigenvalue weighted by Gasteiger charge is 2.10. The zero-order valence-corrected chi connectivity index (χ0v) is 10.7. The van der Waals surface area contributed by atoms with Gasteiger partial charge in [-0.15, -0.1) is 0 Å². The van der Waals surface area contributed by atoms with E-state index in [0.29, 0.717) is 17.4 Å². The molecule has 0 saturated carbocycles. The Morgan fingerprint density at radius 1 is 1.24 bits per heavy atom. The molecular weight excluding hydrogens is 259 g/mol. The number of hydrogen-bond acceptors (Lipinski definition) is 4. The second-order valence-corrected chi connectivity index (χ2v) is 4.23. The van der Waals surface area contributed by atoms with Gasteiger partial charge in [0.25, 0.3) is 0 Å². The highest BCUT2D eigenvalue weighted by Crippen LogP contribution is 2.23. The van der Waals surface area contributed by atoms with Crippen molar-refractivity contribution in [2.24, 2.45) is 0 Å². The maximum Gasteiger partial charge on any atom is 0.224 e. The fourth-order valence-corrected chi connectivity index (χ4v) is 1.78. The molecule has 0 aromatic carbocycles. The Morgan fingerprint density at radius 3 is 2.76 bits per heavy atom. The minimum atomic E-state index is 0.178. The second-order valence-electron chi connectivity index (χ2n) is 3.49. The summed E-state index contributed by atoms with van der Waals surface area (Å²) >= 11 is 11.8. The van der Waals surface area contributed by atoms with Gasteiger partial charge in [-0.25, -0.2) is 4.98 Å². The molecule has 0 saturated heterocycles. The molecule has 0 fully saturated rings. The third-order valence-electron chi connectivity index (χ3n) is 2.18. The second kappa shape index (κ2) is 5.29. The molecule has 6 heteroatoms. The van der Waals surface area contributed by atoms with Gasteiger partial charge in [-0.2, -0.15) is 4.98 Å². The minimum absolute atomic E-state index is 0.178. The molecule has 2 heterocycles. The van der Waals surface area contributed by atoms with Crippen molar-refractivity contribution < 1.29 is 0 Å². The number of halogens is 2. The number of rotatable bonds is 3. The Kier molecular flexibility index (Phi) is 3.76. The first-order valence-corrected chi connectivity index (χ1v) is 5.71. The van der Waals surface area contributed by atoms with Crippen molar-refractivity contribution >= 4 is 29.0 Å². The van der Waals surface area contributed by atoms with E-state index in [1.54, 1.807) is 6.20 Å². The largest absolute Gasteiger partial charge is 0.352 e. The highest BCUT2D eigenvalue weighted by atomic mass is 35.5. The van der Waals surface area contributed by atoms with E-state index in [2.05, 4.69) is 15.0 Å². The summed E-state index contributed by atoms with van der Waals surface area (Å²) in [6.07, 6.45) is 3.24. The van der Waals surface area contributed by atoms with Gasteiger partial charge < -0.3 is 4.90 Å². The topological polar surface area (TPSA) is 41.9 Å². The third-order valence-corrected chi connectivity index (χ3v) is 2.63. The molecule has 4 nitrogen and oxygen atoms in total. The van der Waals surface area contributed by atoms with Crippen LogP contribution < -0.4 is 4.90 Å². The molecule has 0 unspecified atom stereocenters. The third kappa shape index (κ3) is 3.05. The first-order chi connectivity index (χ1) is 8.16. The zero-order valence-electron chi connectivity index (χ0n) is 9.14. The minimum Gasteiger partial charge on any atom is -0.352 e. The Balaban J connectivity index is 2.20. The quantitative estimate of drug-likeness (QED) is 0.803. The summed E-state index contributed by atoms with van der Waals surface area (Å²) < 4.78 is 0. The van der Waals surface area contributed by atoms with E-state index < -0.39 is 0 Å². The van der Waals surface area contributed by atoms with E-state index in [-0.39, 0.29) is 5.28 Å². The summed E-state index contributed by atoms with van der Waals surface area (Å²) in [6, 6.07) is 5.75. The molecule has 0 aliphatic rings. The van der Waals surface area contributed by atoms with E-state index in [4.69, 9.17) is 23.2 Å². The van der Waals surface area contributed by atoms with Gasteiger partial charge in [0, 0.05) is 13.2 Å². The molecule has 0 radical (unpaired) electrons. The Bertz CT molecular complexity index is 504. The Morgan fingerprint density at radius 2 is 2.06 bits per heavy atom. The van der Waals surface area contributed by atoms with Crippen molar-refractivity contribution in [1.82, 2.24) is 15.0 Å². The lowest BCUT2D eigenvalue weighted by Gasteiger charge is -2.18. The number of anilines is 1. The van der Waals surface area contributed by atoms with Gasteiger partial charge in [0.1, 0.15) is 5.02 Å². The zero-order chi connectivity index (χ0) is 12.3. The average molecular weight is 269 g/mol. The van der Waals surface area contributed by atoms with E-state index in [0.717, 1.165) is 5.69 Å². The monoisotopic (exact) mass is 268 g/mol. The Labute approximate surface area is 109 Å². The SMILES string of the molecule is CN(Cc1ccccn1)c1nc(Cl)ncc1Cl. The fraction of sp³-hybridized carbons (Fsp3) is 0.182. The standard InChI is InChI=1S/C11H10Cl2N4/c1-17(7-8-4-2-3-5-14-8)10-9(12)6-15-11(13)16-10/h2-6H,7H2,1H3. The van der Waals surface area contributed by atoms with Crippen LogP contribution in [0.2, 0.25) is 10.3 Å². The van der Waals surface area contributed by atoms with Crippen LogP contribution in [0.15, 0.2) is 30.6 Å². The van der Waals surface area contributed by atoms with Crippen molar-refractivity contribution in [2.75, 3.05) is 11.9 Å². The molecule has 17 heavy (non-hydrogen) atoms. The van der Waals surface area contributed by atoms with Crippen molar-refractivity contribution in [3.05, 3.63) is 46.6 Å². The first-order valence-electron chi connectivity index (χ1n) is 4.96. The van der Waals surface area contributed by atoms with Crippen LogP contribution in [0.1, 0.15) is 5.69 Å². The van der Waals surface area contributed by atoms with E-state index in [1.165, 1.54) is 6.20 Å². The number of pyridine rings is 1. The van der Waals surface area contributed by atoms with E-state index in [1.807, 2.05) is 30.1 Å². The summed E-state index contributed by atoms with van der Waals surface area (Å²) in [5.74, 6) is 0.595. The smallest absolute Gasteiger partial charge is 0.224 e. The van der Waals surface area contributed by atoms with Gasteiger partial charge in [0.05, 0.1) is 18.4 Å². The fourth-order valence-electron chi connectivity index (χ4n) is 1.41. The first kappa shape index (κ1) is 12.1. The summed E-state index contributed by atoms with van der Waals surface area (Å²) in [6.45, 7) is 0.605. The predicted octanol–water partition coefficient (Wildman–Crippen LogP) is 2.81. The Hall–Kier alpha value is -1.39. The van der Waals surface area contributed by atoms with Crippen LogP contribution in [-0.2, 0) is 6.54 Å². The van der Waals surface area contributed by atoms with Gasteiger partial charge in [0.2, 0.25) is 5.28 Å². The van der Waals surface area contributed by atoms with Crippen molar-refractivity contribution in [1.29, 1.82) is 0 Å². The van der Waals surface area contributed by atoms with Gasteiger partial charge in [-0.1, -0.05) is 17.7 Å². The van der Waals surface area contributed by atoms with Crippen molar-refractivity contribution in [2.45, 2.75) is 6.54 Å². The lowest BCUT2D eigenvalue weighted by molar-refractivity contribution is 0.861. The van der Waals surface area contributed by atoms with Crippen LogP contribution in [0.25, 0.3) is 0 Å². The van der Waals surface area contributed by atoms with Crippen LogP contribution in [0.5, 0.6) is 0 Å². The van der Waals surface area contributed by atoms with E-state index in [9.17, 15) is 0 Å². The van der Waals surface area contributed by atoms with Gasteiger partial charge in [-0.05, 0) is 23.7 Å². The van der Waals surface area contributed by atoms with Crippen LogP contribution in [0.3, 0.4) is 0 Å². The van der Waals surface area contributed by atoms with Crippen molar-refractivity contribution in [3.63, 3.8) is 0 Å². The van der Waals surface area contributed by atoms with Crippen LogP contribution in [0, 0.1) is 0 Å². The maximum atomic E-state index is 6.01. The van der Waals surface area contributed by atoms with Gasteiger partial charge in [0.15, 0.2) is 5.82 Å². The molecule has 88 valence electrons. The van der Waals surface area contributed by atoms with Crippen LogP contribution >= 0.6 is 23.2 Å². The van der Waals surface area contributed by atoms with Crippen molar-refractivity contribution in [3.8, 4) is 0 Å². The number of nitrogens with zero attached hydrogens (tertiary/aromatic N) is 4. The lowest BCUT2D eigenvalue weighted by Crippen LogP contribution is -2.19. The van der Waals surface area contributed by atoms with Crippen LogP contribution in [0.4, 0.5) is 5.82 Å². The molecule has 0 bridgehead atoms. The summed E-state index contributed by atoms with van der Waals surface area (Å²) in [5, 5.41) is 0.644. The summed E-state index contributed by atoms with van der Waals surface area (Å²) in [7, 11) is 1.87. The lowest BCUT2D eigenvalue weighted by atomic mass is 10.3. The molecule has 0 aliphatic heterocycles. The van der Waals surface area contributed by atoms with Crippen LogP contribution in [-0.4, -0.2) is 22.0 Å². The average Bonchev–Trinajstić information content (AvgIpc) is 2.33. The van der Waals surface area contributed by atoms with Gasteiger partial charge in [-0.3, -0.25) is 4.98 Å². The molecule has 0 amide bonds. The maximum absolute atomic E-state index is 6.01. The number of aromatic nitrogens is 3. The summed E-state index contributed by atoms with van der Waals surface area (Å²) in [4.78, 5) is 14.0. The predicted molar refractivity (Wildman–Crippen MR) is 68.4 cm³/mol. The molecule has 2 aromatic heterocycles. The highest BCUT2D eigenvalue weighted by molar-refractivity contribution is 6.33. The van der Waals surface area contributed by atoms with Gasteiger partial charge >= 0.3 is 0 Å². The molecule has 0 aliphatic carbocycles. The number of hydrogen-bond donors (Lipinski definition) is 0. The molecule has 0 spiro atoms. The van der Waals surface area contributed by atoms with E-state index >= 15 is 0 Å². The molecular formula is C11H10Cl2N4. The molecule has 2 aromatic rings. The summed E-state index contributed by atoms with van der Waals surface area (Å²) in [5.41, 5.74) is 0.931. The normalized spacial score (nSPS) is 10.3.